The molecule has 0 amide bonds. The van der Waals surface area contributed by atoms with Crippen LogP contribution in [-0.4, -0.2) is 0 Å². The van der Waals surface area contributed by atoms with Crippen LogP contribution in [0.25, 0.3) is 64.5 Å². The van der Waals surface area contributed by atoms with E-state index < -0.39 is 0 Å². The molecule has 7 rings (SSSR count). The summed E-state index contributed by atoms with van der Waals surface area (Å²) >= 11 is 1.76. The van der Waals surface area contributed by atoms with Crippen LogP contribution in [0, 0.1) is 12.7 Å². The van der Waals surface area contributed by atoms with Crippen LogP contribution in [0.2, 0.25) is 0 Å². The van der Waals surface area contributed by atoms with Crippen molar-refractivity contribution in [1.29, 1.82) is 0 Å². The summed E-state index contributed by atoms with van der Waals surface area (Å²) in [6, 6.07) is 28.3. The topological polar surface area (TPSA) is 17.0 Å². The Hall–Kier alpha value is -4.02. The van der Waals surface area contributed by atoms with Gasteiger partial charge in [-0.15, -0.1) is 11.3 Å². The van der Waals surface area contributed by atoms with E-state index in [1.807, 2.05) is 37.5 Å². The number of aromatic nitrogens is 1. The van der Waals surface area contributed by atoms with Crippen LogP contribution < -0.4 is 4.57 Å². The van der Waals surface area contributed by atoms with Crippen molar-refractivity contribution < 1.29 is 13.4 Å². The molecule has 0 unspecified atom stereocenters. The number of hydrogen-bond acceptors (Lipinski definition) is 2. The maximum Gasteiger partial charge on any atom is 0.216 e. The molecule has 0 fully saturated rings. The lowest BCUT2D eigenvalue weighted by Crippen LogP contribution is -2.30. The molecule has 0 aliphatic carbocycles. The van der Waals surface area contributed by atoms with Gasteiger partial charge in [-0.1, -0.05) is 36.4 Å². The highest BCUT2D eigenvalue weighted by molar-refractivity contribution is 7.25. The van der Waals surface area contributed by atoms with Crippen LogP contribution in [0.1, 0.15) is 5.56 Å². The van der Waals surface area contributed by atoms with E-state index in [9.17, 15) is 0 Å². The molecular weight excluding hydrogens is 453 g/mol. The van der Waals surface area contributed by atoms with Crippen LogP contribution in [0.3, 0.4) is 0 Å². The van der Waals surface area contributed by atoms with Gasteiger partial charge in [0.1, 0.15) is 24.0 Å². The van der Waals surface area contributed by atoms with Gasteiger partial charge in [0.15, 0.2) is 6.20 Å². The zero-order chi connectivity index (χ0) is 23.7. The molecule has 35 heavy (non-hydrogen) atoms. The summed E-state index contributed by atoms with van der Waals surface area (Å²) in [7, 11) is 2.03. The third-order valence-corrected chi connectivity index (χ3v) is 8.10. The number of aryl methyl sites for hydroxylation is 2. The fraction of sp³-hybridized carbons (Fsp3) is 0.0645. The lowest BCUT2D eigenvalue weighted by atomic mass is 9.98. The largest absolute Gasteiger partial charge is 0.454 e. The summed E-state index contributed by atoms with van der Waals surface area (Å²) in [6.07, 6.45) is 2.03. The van der Waals surface area contributed by atoms with Gasteiger partial charge in [0.05, 0.1) is 11.1 Å². The Kier molecular flexibility index (Phi) is 4.36. The number of pyridine rings is 1. The number of nitrogens with zero attached hydrogens (tertiary/aromatic N) is 1. The molecular formula is C31H21FNOS+. The Morgan fingerprint density at radius 2 is 1.46 bits per heavy atom. The molecule has 0 bridgehead atoms. The van der Waals surface area contributed by atoms with Crippen molar-refractivity contribution in [2.75, 3.05) is 0 Å². The van der Waals surface area contributed by atoms with Gasteiger partial charge < -0.3 is 4.42 Å². The molecule has 3 heterocycles. The molecule has 0 saturated heterocycles. The zero-order valence-corrected chi connectivity index (χ0v) is 20.1. The summed E-state index contributed by atoms with van der Waals surface area (Å²) in [4.78, 5) is 0. The van der Waals surface area contributed by atoms with E-state index in [-0.39, 0.29) is 5.82 Å². The van der Waals surface area contributed by atoms with Crippen molar-refractivity contribution in [3.63, 3.8) is 0 Å². The zero-order valence-electron chi connectivity index (χ0n) is 19.3. The van der Waals surface area contributed by atoms with Crippen LogP contribution in [-0.2, 0) is 7.05 Å². The maximum absolute atomic E-state index is 15.5. The fourth-order valence-corrected chi connectivity index (χ4v) is 6.32. The average Bonchev–Trinajstić information content (AvgIpc) is 3.42. The lowest BCUT2D eigenvalue weighted by molar-refractivity contribution is -0.660. The number of benzene rings is 4. The second kappa shape index (κ2) is 7.49. The first-order valence-electron chi connectivity index (χ1n) is 11.6. The molecule has 4 heteroatoms. The quantitative estimate of drug-likeness (QED) is 0.229. The summed E-state index contributed by atoms with van der Waals surface area (Å²) < 4.78 is 26.6. The first-order valence-corrected chi connectivity index (χ1v) is 12.4. The summed E-state index contributed by atoms with van der Waals surface area (Å²) in [5.41, 5.74) is 5.92. The standard InChI is InChI=1S/C31H21FNOS/c1-18-10-12-21-22-13-14-24(32)29(31(22)34-30(21)28(18)25-8-5-6-16-33(25)2)19-11-15-27-23(17-19)20-7-3-4-9-26(20)35-27/h3-17H,1-2H3/q+1. The average molecular weight is 475 g/mol. The molecule has 0 radical (unpaired) electrons. The minimum absolute atomic E-state index is 0.279. The third-order valence-electron chi connectivity index (χ3n) is 6.94. The minimum atomic E-state index is -0.279. The second-order valence-corrected chi connectivity index (χ2v) is 10.1. The van der Waals surface area contributed by atoms with Crippen molar-refractivity contribution in [1.82, 2.24) is 0 Å². The molecule has 3 aromatic heterocycles. The number of furan rings is 1. The van der Waals surface area contributed by atoms with E-state index in [2.05, 4.69) is 66.1 Å². The molecule has 0 aliphatic heterocycles. The maximum atomic E-state index is 15.5. The van der Waals surface area contributed by atoms with Crippen LogP contribution >= 0.6 is 11.3 Å². The second-order valence-electron chi connectivity index (χ2n) is 9.04. The van der Waals surface area contributed by atoms with E-state index in [1.165, 1.54) is 14.8 Å². The highest BCUT2D eigenvalue weighted by atomic mass is 32.1. The SMILES string of the molecule is Cc1ccc2c(oc3c(-c4ccc5sc6ccccc6c5c4)c(F)ccc32)c1-c1cccc[n+]1C. The molecule has 168 valence electrons. The van der Waals surface area contributed by atoms with Crippen molar-refractivity contribution in [3.05, 3.63) is 103 Å². The molecule has 2 nitrogen and oxygen atoms in total. The van der Waals surface area contributed by atoms with E-state index in [0.29, 0.717) is 11.1 Å². The van der Waals surface area contributed by atoms with E-state index in [1.54, 1.807) is 17.4 Å². The monoisotopic (exact) mass is 474 g/mol. The predicted molar refractivity (Wildman–Crippen MR) is 143 cm³/mol. The smallest absolute Gasteiger partial charge is 0.216 e. The van der Waals surface area contributed by atoms with E-state index >= 15 is 4.39 Å². The molecule has 0 atom stereocenters. The Bertz CT molecular complexity index is 1950. The van der Waals surface area contributed by atoms with Crippen molar-refractivity contribution in [2.45, 2.75) is 6.92 Å². The Morgan fingerprint density at radius 1 is 0.714 bits per heavy atom. The lowest BCUT2D eigenvalue weighted by Gasteiger charge is -2.05. The van der Waals surface area contributed by atoms with Crippen molar-refractivity contribution >= 4 is 53.4 Å². The molecule has 0 aliphatic rings. The first kappa shape index (κ1) is 20.4. The molecule has 0 N–H and O–H groups in total. The summed E-state index contributed by atoms with van der Waals surface area (Å²) in [6.45, 7) is 2.09. The van der Waals surface area contributed by atoms with Crippen molar-refractivity contribution in [3.8, 4) is 22.4 Å². The first-order chi connectivity index (χ1) is 17.1. The number of fused-ring (bicyclic) bond motifs is 6. The van der Waals surface area contributed by atoms with Gasteiger partial charge >= 0.3 is 0 Å². The Morgan fingerprint density at radius 3 is 2.31 bits per heavy atom. The van der Waals surface area contributed by atoms with Crippen molar-refractivity contribution in [2.24, 2.45) is 7.05 Å². The van der Waals surface area contributed by atoms with Gasteiger partial charge in [0, 0.05) is 43.1 Å². The van der Waals surface area contributed by atoms with Gasteiger partial charge in [-0.05, 0) is 54.4 Å². The number of rotatable bonds is 2. The normalized spacial score (nSPS) is 11.9. The molecule has 7 aromatic rings. The summed E-state index contributed by atoms with van der Waals surface area (Å²) in [5.74, 6) is -0.279. The van der Waals surface area contributed by atoms with Crippen LogP contribution in [0.5, 0.6) is 0 Å². The number of thiophene rings is 1. The van der Waals surface area contributed by atoms with Crippen LogP contribution in [0.15, 0.2) is 95.5 Å². The van der Waals surface area contributed by atoms with Gasteiger partial charge in [-0.3, -0.25) is 0 Å². The van der Waals surface area contributed by atoms with E-state index in [4.69, 9.17) is 4.42 Å². The molecule has 4 aromatic carbocycles. The van der Waals surface area contributed by atoms with Gasteiger partial charge in [-0.25, -0.2) is 8.96 Å². The van der Waals surface area contributed by atoms with Crippen LogP contribution in [0.4, 0.5) is 4.39 Å². The highest BCUT2D eigenvalue weighted by Gasteiger charge is 2.23. The minimum Gasteiger partial charge on any atom is -0.454 e. The van der Waals surface area contributed by atoms with Gasteiger partial charge in [0.2, 0.25) is 5.69 Å². The Balaban J connectivity index is 1.55. The predicted octanol–water partition coefficient (Wildman–Crippen LogP) is 8.56. The number of halogens is 1. The van der Waals surface area contributed by atoms with Gasteiger partial charge in [0.25, 0.3) is 0 Å². The molecule has 0 saturated carbocycles. The summed E-state index contributed by atoms with van der Waals surface area (Å²) in [5, 5.41) is 4.25. The van der Waals surface area contributed by atoms with Gasteiger partial charge in [-0.2, -0.15) is 0 Å². The molecule has 0 spiro atoms. The third kappa shape index (κ3) is 2.96. The van der Waals surface area contributed by atoms with E-state index in [0.717, 1.165) is 44.1 Å². The fourth-order valence-electron chi connectivity index (χ4n) is 5.23. The highest BCUT2D eigenvalue weighted by Crippen LogP contribution is 2.43. The Labute approximate surface area is 205 Å². The number of hydrogen-bond donors (Lipinski definition) is 0.